The van der Waals surface area contributed by atoms with Crippen LogP contribution in [0, 0.1) is 5.92 Å². The Kier molecular flexibility index (Phi) is 7.44. The molecule has 0 saturated heterocycles. The largest absolute Gasteiger partial charge is 0.351 e. The molecule has 0 aliphatic heterocycles. The van der Waals surface area contributed by atoms with Gasteiger partial charge in [0.05, 0.1) is 6.04 Å². The minimum Gasteiger partial charge on any atom is -0.351 e. The van der Waals surface area contributed by atoms with Crippen molar-refractivity contribution in [3.63, 3.8) is 0 Å². The molecule has 0 heterocycles. The van der Waals surface area contributed by atoms with Gasteiger partial charge >= 0.3 is 0 Å². The lowest BCUT2D eigenvalue weighted by Crippen LogP contribution is -2.40. The highest BCUT2D eigenvalue weighted by Gasteiger charge is 2.19. The minimum absolute atomic E-state index is 0. The van der Waals surface area contributed by atoms with Crippen molar-refractivity contribution in [3.05, 3.63) is 0 Å². The number of carbonyl (C=O) groups excluding carboxylic acids is 1. The standard InChI is InChI=1S/C11H22FNO.H2/c1-4-6-7-10(5-2)11(8-12)13-9(3)14;/h10-11H,4-8H2,1-3H3,(H,13,14);1H/t10-,11?;/m1./s1. The van der Waals surface area contributed by atoms with Gasteiger partial charge in [-0.25, -0.2) is 4.39 Å². The van der Waals surface area contributed by atoms with Crippen LogP contribution in [0.1, 0.15) is 47.9 Å². The Labute approximate surface area is 87.8 Å². The third kappa shape index (κ3) is 5.20. The second-order valence-electron chi connectivity index (χ2n) is 3.77. The molecule has 2 atom stereocenters. The highest BCUT2D eigenvalue weighted by molar-refractivity contribution is 5.73. The van der Waals surface area contributed by atoms with Crippen LogP contribution in [0.3, 0.4) is 0 Å². The van der Waals surface area contributed by atoms with Crippen molar-refractivity contribution in [3.8, 4) is 0 Å². The van der Waals surface area contributed by atoms with Crippen molar-refractivity contribution < 1.29 is 10.6 Å². The topological polar surface area (TPSA) is 29.1 Å². The molecule has 0 aromatic carbocycles. The zero-order valence-electron chi connectivity index (χ0n) is 9.48. The number of alkyl halides is 1. The van der Waals surface area contributed by atoms with Crippen molar-refractivity contribution in [2.24, 2.45) is 5.92 Å². The van der Waals surface area contributed by atoms with Gasteiger partial charge in [-0.3, -0.25) is 4.79 Å². The van der Waals surface area contributed by atoms with E-state index in [4.69, 9.17) is 0 Å². The van der Waals surface area contributed by atoms with Crippen LogP contribution in [0.15, 0.2) is 0 Å². The summed E-state index contributed by atoms with van der Waals surface area (Å²) in [7, 11) is 0. The van der Waals surface area contributed by atoms with E-state index in [0.29, 0.717) is 0 Å². The van der Waals surface area contributed by atoms with E-state index in [2.05, 4.69) is 12.2 Å². The zero-order valence-corrected chi connectivity index (χ0v) is 9.48. The van der Waals surface area contributed by atoms with E-state index in [-0.39, 0.29) is 19.3 Å². The second kappa shape index (κ2) is 7.77. The number of amides is 1. The molecule has 0 aliphatic carbocycles. The third-order valence-electron chi connectivity index (χ3n) is 2.58. The van der Waals surface area contributed by atoms with Crippen LogP contribution in [0.4, 0.5) is 4.39 Å². The summed E-state index contributed by atoms with van der Waals surface area (Å²) in [4.78, 5) is 10.8. The smallest absolute Gasteiger partial charge is 0.217 e. The van der Waals surface area contributed by atoms with Crippen LogP contribution in [0.2, 0.25) is 0 Å². The van der Waals surface area contributed by atoms with E-state index < -0.39 is 6.67 Å². The van der Waals surface area contributed by atoms with Crippen molar-refractivity contribution in [1.29, 1.82) is 0 Å². The summed E-state index contributed by atoms with van der Waals surface area (Å²) in [6.07, 6.45) is 4.15. The summed E-state index contributed by atoms with van der Waals surface area (Å²) in [5.41, 5.74) is 0. The van der Waals surface area contributed by atoms with E-state index in [1.54, 1.807) is 0 Å². The van der Waals surface area contributed by atoms with Gasteiger partial charge in [-0.05, 0) is 12.3 Å². The first kappa shape index (κ1) is 13.4. The molecule has 3 heteroatoms. The molecule has 2 nitrogen and oxygen atoms in total. The van der Waals surface area contributed by atoms with Crippen LogP contribution >= 0.6 is 0 Å². The van der Waals surface area contributed by atoms with Crippen molar-refractivity contribution in [1.82, 2.24) is 5.32 Å². The first-order valence-corrected chi connectivity index (χ1v) is 5.48. The molecule has 14 heavy (non-hydrogen) atoms. The van der Waals surface area contributed by atoms with Crippen LogP contribution in [0.5, 0.6) is 0 Å². The van der Waals surface area contributed by atoms with E-state index >= 15 is 0 Å². The van der Waals surface area contributed by atoms with Crippen LogP contribution < -0.4 is 5.32 Å². The number of rotatable bonds is 7. The van der Waals surface area contributed by atoms with Crippen LogP contribution in [-0.4, -0.2) is 18.6 Å². The predicted octanol–water partition coefficient (Wildman–Crippen LogP) is 2.92. The molecule has 0 fully saturated rings. The molecule has 1 unspecified atom stereocenters. The van der Waals surface area contributed by atoms with Gasteiger partial charge in [0, 0.05) is 8.35 Å². The van der Waals surface area contributed by atoms with Gasteiger partial charge in [-0.1, -0.05) is 33.1 Å². The summed E-state index contributed by atoms with van der Waals surface area (Å²) >= 11 is 0. The fourth-order valence-corrected chi connectivity index (χ4v) is 1.70. The Morgan fingerprint density at radius 1 is 1.50 bits per heavy atom. The molecule has 86 valence electrons. The maximum absolute atomic E-state index is 12.7. The molecule has 0 rings (SSSR count). The highest BCUT2D eigenvalue weighted by Crippen LogP contribution is 2.17. The van der Waals surface area contributed by atoms with E-state index in [0.717, 1.165) is 25.7 Å². The summed E-state index contributed by atoms with van der Waals surface area (Å²) in [5.74, 6) is 0.145. The maximum Gasteiger partial charge on any atom is 0.217 e. The van der Waals surface area contributed by atoms with Crippen LogP contribution in [-0.2, 0) is 4.79 Å². The molecule has 0 spiro atoms. The molecule has 1 N–H and O–H groups in total. The molecular weight excluding hydrogens is 181 g/mol. The molecular formula is C11H24FNO. The van der Waals surface area contributed by atoms with Crippen molar-refractivity contribution in [2.45, 2.75) is 52.5 Å². The highest BCUT2D eigenvalue weighted by atomic mass is 19.1. The maximum atomic E-state index is 12.7. The Morgan fingerprint density at radius 3 is 2.50 bits per heavy atom. The average molecular weight is 205 g/mol. The lowest BCUT2D eigenvalue weighted by Gasteiger charge is -2.24. The number of unbranched alkanes of at least 4 members (excludes halogenated alkanes) is 1. The molecule has 0 aromatic heterocycles. The van der Waals surface area contributed by atoms with Crippen molar-refractivity contribution >= 4 is 5.91 Å². The monoisotopic (exact) mass is 205 g/mol. The molecule has 0 radical (unpaired) electrons. The zero-order chi connectivity index (χ0) is 11.0. The Balaban J connectivity index is 0. The van der Waals surface area contributed by atoms with Gasteiger partial charge in [0.2, 0.25) is 5.91 Å². The first-order chi connectivity index (χ1) is 6.65. The summed E-state index contributed by atoms with van der Waals surface area (Å²) in [5, 5.41) is 2.68. The van der Waals surface area contributed by atoms with Gasteiger partial charge in [-0.2, -0.15) is 0 Å². The number of carbonyl (C=O) groups is 1. The van der Waals surface area contributed by atoms with Gasteiger partial charge in [0.25, 0.3) is 0 Å². The molecule has 0 aromatic rings. The predicted molar refractivity (Wildman–Crippen MR) is 59.0 cm³/mol. The van der Waals surface area contributed by atoms with E-state index in [9.17, 15) is 9.18 Å². The first-order valence-electron chi connectivity index (χ1n) is 5.48. The molecule has 0 saturated carbocycles. The van der Waals surface area contributed by atoms with Gasteiger partial charge in [-0.15, -0.1) is 0 Å². The quantitative estimate of drug-likeness (QED) is 0.680. The number of nitrogens with one attached hydrogen (secondary N) is 1. The lowest BCUT2D eigenvalue weighted by molar-refractivity contribution is -0.120. The summed E-state index contributed by atoms with van der Waals surface area (Å²) in [6.45, 7) is 5.15. The van der Waals surface area contributed by atoms with E-state index in [1.807, 2.05) is 6.92 Å². The minimum atomic E-state index is -0.457. The van der Waals surface area contributed by atoms with Crippen LogP contribution in [0.25, 0.3) is 0 Å². The fourth-order valence-electron chi connectivity index (χ4n) is 1.70. The normalized spacial score (nSPS) is 14.9. The molecule has 0 aliphatic rings. The summed E-state index contributed by atoms with van der Waals surface area (Å²) in [6, 6.07) is -0.288. The van der Waals surface area contributed by atoms with E-state index in [1.165, 1.54) is 6.92 Å². The number of hydrogen-bond donors (Lipinski definition) is 1. The molecule has 0 bridgehead atoms. The Morgan fingerprint density at radius 2 is 2.14 bits per heavy atom. The number of halogens is 1. The lowest BCUT2D eigenvalue weighted by atomic mass is 9.92. The average Bonchev–Trinajstić information content (AvgIpc) is 2.16. The molecule has 1 amide bonds. The summed E-state index contributed by atoms with van der Waals surface area (Å²) < 4.78 is 12.7. The van der Waals surface area contributed by atoms with Gasteiger partial charge in [0.1, 0.15) is 6.67 Å². The van der Waals surface area contributed by atoms with Crippen molar-refractivity contribution in [2.75, 3.05) is 6.67 Å². The number of hydrogen-bond acceptors (Lipinski definition) is 1. The fraction of sp³-hybridized carbons (Fsp3) is 0.909. The van der Waals surface area contributed by atoms with Gasteiger partial charge < -0.3 is 5.32 Å². The SMILES string of the molecule is CCCC[C@@H](CC)C(CF)NC(C)=O.[HH]. The van der Waals surface area contributed by atoms with Gasteiger partial charge in [0.15, 0.2) is 0 Å². The third-order valence-corrected chi connectivity index (χ3v) is 2.58. The Hall–Kier alpha value is -0.600. The second-order valence-corrected chi connectivity index (χ2v) is 3.77. The Bertz CT molecular complexity index is 167.